The number of para-hydroxylation sites is 1. The van der Waals surface area contributed by atoms with Crippen LogP contribution < -0.4 is 9.62 Å². The van der Waals surface area contributed by atoms with Crippen molar-refractivity contribution in [3.05, 3.63) is 75.7 Å². The van der Waals surface area contributed by atoms with Crippen molar-refractivity contribution in [2.45, 2.75) is 31.6 Å². The van der Waals surface area contributed by atoms with Crippen LogP contribution in [0.15, 0.2) is 53.4 Å². The van der Waals surface area contributed by atoms with E-state index in [4.69, 9.17) is 0 Å². The highest BCUT2D eigenvalue weighted by Gasteiger charge is 2.29. The Kier molecular flexibility index (Phi) is 5.56. The minimum absolute atomic E-state index is 0.0656. The summed E-state index contributed by atoms with van der Waals surface area (Å²) in [5.74, 6) is -0.450. The lowest BCUT2D eigenvalue weighted by atomic mass is 10.0. The quantitative estimate of drug-likeness (QED) is 0.626. The Labute approximate surface area is 185 Å². The van der Waals surface area contributed by atoms with Crippen LogP contribution in [-0.4, -0.2) is 20.9 Å². The molecule has 6 nitrogen and oxygen atoms in total. The minimum atomic E-state index is -3.82. The number of hydrogen-bond acceptors (Lipinski definition) is 5. The highest BCUT2D eigenvalue weighted by molar-refractivity contribution is 7.92. The highest BCUT2D eigenvalue weighted by Crippen LogP contribution is 2.33. The van der Waals surface area contributed by atoms with Crippen LogP contribution in [-0.2, 0) is 16.4 Å². The lowest BCUT2D eigenvalue weighted by Gasteiger charge is -2.30. The van der Waals surface area contributed by atoms with Gasteiger partial charge in [0.1, 0.15) is 11.1 Å². The van der Waals surface area contributed by atoms with Gasteiger partial charge in [0.15, 0.2) is 0 Å². The summed E-state index contributed by atoms with van der Waals surface area (Å²) in [5, 5.41) is 12.6. The molecule has 0 bridgehead atoms. The van der Waals surface area contributed by atoms with E-state index in [2.05, 4.69) is 11.4 Å². The largest absolute Gasteiger partial charge is 0.312 e. The number of thiophene rings is 1. The number of carbonyl (C=O) groups excluding carboxylic acids is 1. The van der Waals surface area contributed by atoms with Gasteiger partial charge in [-0.15, -0.1) is 11.3 Å². The highest BCUT2D eigenvalue weighted by atomic mass is 32.2. The molecule has 1 N–H and O–H groups in total. The molecule has 8 heteroatoms. The summed E-state index contributed by atoms with van der Waals surface area (Å²) in [6.07, 6.45) is 1.58. The maximum atomic E-state index is 13.4. The molecule has 4 rings (SSSR count). The number of fused-ring (bicyclic) bond motifs is 1. The molecule has 158 valence electrons. The molecule has 1 aliphatic rings. The average Bonchev–Trinajstić information content (AvgIpc) is 3.05. The number of sulfonamides is 1. The van der Waals surface area contributed by atoms with Crippen molar-refractivity contribution in [2.75, 3.05) is 16.2 Å². The Balaban J connectivity index is 1.65. The van der Waals surface area contributed by atoms with Gasteiger partial charge in [-0.05, 0) is 62.1 Å². The number of carbonyl (C=O) groups is 1. The van der Waals surface area contributed by atoms with Crippen molar-refractivity contribution in [3.63, 3.8) is 0 Å². The summed E-state index contributed by atoms with van der Waals surface area (Å²) in [6.45, 7) is 4.12. The number of rotatable bonds is 4. The fourth-order valence-electron chi connectivity index (χ4n) is 3.70. The van der Waals surface area contributed by atoms with E-state index < -0.39 is 15.9 Å². The van der Waals surface area contributed by atoms with Crippen molar-refractivity contribution in [3.8, 4) is 6.07 Å². The van der Waals surface area contributed by atoms with Crippen molar-refractivity contribution < 1.29 is 13.2 Å². The van der Waals surface area contributed by atoms with Crippen LogP contribution in [0.1, 0.15) is 38.3 Å². The summed E-state index contributed by atoms with van der Waals surface area (Å²) in [4.78, 5) is 13.9. The van der Waals surface area contributed by atoms with Crippen molar-refractivity contribution in [1.82, 2.24) is 0 Å². The third-order valence-corrected chi connectivity index (χ3v) is 8.41. The van der Waals surface area contributed by atoms with Gasteiger partial charge in [0.2, 0.25) is 0 Å². The predicted molar refractivity (Wildman–Crippen MR) is 122 cm³/mol. The normalized spacial score (nSPS) is 13.4. The Morgan fingerprint density at radius 2 is 1.94 bits per heavy atom. The second-order valence-corrected chi connectivity index (χ2v) is 10.5. The van der Waals surface area contributed by atoms with E-state index >= 15 is 0 Å². The predicted octanol–water partition coefficient (Wildman–Crippen LogP) is 4.63. The molecule has 3 aromatic rings. The molecule has 0 saturated carbocycles. The Hall–Kier alpha value is -3.15. The van der Waals surface area contributed by atoms with Gasteiger partial charge in [-0.3, -0.25) is 9.10 Å². The van der Waals surface area contributed by atoms with Gasteiger partial charge in [-0.2, -0.15) is 5.26 Å². The number of nitrogens with one attached hydrogen (secondary N) is 1. The molecule has 1 amide bonds. The maximum absolute atomic E-state index is 13.4. The maximum Gasteiger partial charge on any atom is 0.264 e. The molecule has 0 radical (unpaired) electrons. The number of hydrogen-bond donors (Lipinski definition) is 1. The summed E-state index contributed by atoms with van der Waals surface area (Å²) in [7, 11) is -3.82. The van der Waals surface area contributed by atoms with E-state index in [1.807, 2.05) is 38.1 Å². The molecular formula is C23H21N3O3S2. The summed E-state index contributed by atoms with van der Waals surface area (Å²) in [6, 6.07) is 15.6. The number of anilines is 2. The first-order valence-electron chi connectivity index (χ1n) is 9.85. The molecule has 0 spiro atoms. The minimum Gasteiger partial charge on any atom is -0.312 e. The zero-order valence-corrected chi connectivity index (χ0v) is 18.8. The molecule has 1 aliphatic heterocycles. The van der Waals surface area contributed by atoms with Gasteiger partial charge in [0.05, 0.1) is 16.1 Å². The molecule has 2 aromatic carbocycles. The zero-order chi connectivity index (χ0) is 22.2. The number of nitriles is 1. The molecule has 0 atom stereocenters. The first-order valence-corrected chi connectivity index (χ1v) is 12.1. The summed E-state index contributed by atoms with van der Waals surface area (Å²) < 4.78 is 28.2. The van der Waals surface area contributed by atoms with E-state index in [1.165, 1.54) is 27.8 Å². The first-order chi connectivity index (χ1) is 14.8. The van der Waals surface area contributed by atoms with Crippen LogP contribution in [0.2, 0.25) is 0 Å². The topological polar surface area (TPSA) is 90.3 Å². The third kappa shape index (κ3) is 3.82. The lowest BCUT2D eigenvalue weighted by Crippen LogP contribution is -2.35. The van der Waals surface area contributed by atoms with Crippen molar-refractivity contribution >= 4 is 38.0 Å². The fraction of sp³-hybridized carbons (Fsp3) is 0.217. The van der Waals surface area contributed by atoms with Crippen LogP contribution in [0.4, 0.5) is 10.7 Å². The Bertz CT molecular complexity index is 1320. The lowest BCUT2D eigenvalue weighted by molar-refractivity contribution is 0.102. The molecule has 0 unspecified atom stereocenters. The van der Waals surface area contributed by atoms with Gasteiger partial charge in [0.25, 0.3) is 15.9 Å². The zero-order valence-electron chi connectivity index (χ0n) is 17.2. The molecule has 31 heavy (non-hydrogen) atoms. The molecule has 2 heterocycles. The monoisotopic (exact) mass is 451 g/mol. The van der Waals surface area contributed by atoms with E-state index in [0.717, 1.165) is 28.8 Å². The number of aryl methyl sites for hydroxylation is 2. The fourth-order valence-corrected chi connectivity index (χ4v) is 6.29. The van der Waals surface area contributed by atoms with Crippen LogP contribution in [0, 0.1) is 25.2 Å². The number of nitrogens with zero attached hydrogens (tertiary/aromatic N) is 2. The van der Waals surface area contributed by atoms with Crippen LogP contribution in [0.5, 0.6) is 0 Å². The van der Waals surface area contributed by atoms with Crippen LogP contribution in [0.25, 0.3) is 0 Å². The molecule has 0 saturated heterocycles. The standard InChI is InChI=1S/C23H21N3O3S2/c1-15-16(2)30-23(20(15)14-24)25-22(27)18-8-5-10-19(13-18)31(28,29)26-12-6-9-17-7-3-4-11-21(17)26/h3-5,7-8,10-11,13H,6,9,12H2,1-2H3,(H,25,27). The smallest absolute Gasteiger partial charge is 0.264 e. The van der Waals surface area contributed by atoms with Gasteiger partial charge in [-0.1, -0.05) is 24.3 Å². The van der Waals surface area contributed by atoms with Crippen molar-refractivity contribution in [2.24, 2.45) is 0 Å². The van der Waals surface area contributed by atoms with E-state index in [-0.39, 0.29) is 10.5 Å². The molecule has 1 aromatic heterocycles. The Morgan fingerprint density at radius 1 is 1.16 bits per heavy atom. The van der Waals surface area contributed by atoms with Gasteiger partial charge < -0.3 is 5.32 Å². The van der Waals surface area contributed by atoms with E-state index in [9.17, 15) is 18.5 Å². The average molecular weight is 452 g/mol. The number of amides is 1. The van der Waals surface area contributed by atoms with Gasteiger partial charge >= 0.3 is 0 Å². The second-order valence-electron chi connectivity index (χ2n) is 7.39. The van der Waals surface area contributed by atoms with Crippen molar-refractivity contribution in [1.29, 1.82) is 5.26 Å². The first kappa shape index (κ1) is 21.1. The second kappa shape index (κ2) is 8.17. The van der Waals surface area contributed by atoms with Crippen LogP contribution in [0.3, 0.4) is 0 Å². The third-order valence-electron chi connectivity index (χ3n) is 5.48. The van der Waals surface area contributed by atoms with Crippen LogP contribution >= 0.6 is 11.3 Å². The summed E-state index contributed by atoms with van der Waals surface area (Å²) in [5.41, 5.74) is 3.18. The van der Waals surface area contributed by atoms with Gasteiger partial charge in [-0.25, -0.2) is 8.42 Å². The summed E-state index contributed by atoms with van der Waals surface area (Å²) >= 11 is 1.33. The molecule has 0 aliphatic carbocycles. The van der Waals surface area contributed by atoms with E-state index in [1.54, 1.807) is 12.1 Å². The number of benzene rings is 2. The molecule has 0 fully saturated rings. The van der Waals surface area contributed by atoms with E-state index in [0.29, 0.717) is 22.8 Å². The Morgan fingerprint density at radius 3 is 2.71 bits per heavy atom. The molecular weight excluding hydrogens is 430 g/mol. The SMILES string of the molecule is Cc1sc(NC(=O)c2cccc(S(=O)(=O)N3CCCc4ccccc43)c2)c(C#N)c1C. The van der Waals surface area contributed by atoms with Gasteiger partial charge in [0, 0.05) is 17.0 Å².